The second-order valence-corrected chi connectivity index (χ2v) is 3.27. The molecule has 0 saturated carbocycles. The highest BCUT2D eigenvalue weighted by Crippen LogP contribution is 2.28. The Labute approximate surface area is 99.6 Å². The number of carbonyl (C=O) groups excluding carboxylic acids is 1. The molecule has 0 spiro atoms. The number of ether oxygens (including phenoxy) is 2. The van der Waals surface area contributed by atoms with Crippen molar-refractivity contribution in [1.29, 1.82) is 0 Å². The molecule has 0 radical (unpaired) electrons. The second-order valence-electron chi connectivity index (χ2n) is 3.27. The van der Waals surface area contributed by atoms with Crippen molar-refractivity contribution in [2.75, 3.05) is 13.2 Å². The zero-order valence-corrected chi connectivity index (χ0v) is 9.84. The monoisotopic (exact) mass is 240 g/mol. The van der Waals surface area contributed by atoms with E-state index in [4.69, 9.17) is 19.7 Å². The van der Waals surface area contributed by atoms with Gasteiger partial charge in [-0.3, -0.25) is 4.79 Å². The summed E-state index contributed by atoms with van der Waals surface area (Å²) in [5.74, 6) is 0.174. The van der Waals surface area contributed by atoms with Crippen LogP contribution in [0.15, 0.2) is 18.2 Å². The standard InChI is InChI=1S/C12H16O5/c1-3-16-9-6-5-8(11(13)12(14)15)7-10(9)17-4-2/h5-7,12,14-15H,3-4H2,1-2H3. The van der Waals surface area contributed by atoms with Crippen molar-refractivity contribution in [3.05, 3.63) is 23.8 Å². The number of Topliss-reactive ketones (excluding diaryl/α,β-unsaturated/α-hetero) is 1. The molecule has 0 bridgehead atoms. The highest BCUT2D eigenvalue weighted by Gasteiger charge is 2.16. The number of rotatable bonds is 6. The van der Waals surface area contributed by atoms with Gasteiger partial charge in [-0.15, -0.1) is 0 Å². The van der Waals surface area contributed by atoms with E-state index in [0.717, 1.165) is 0 Å². The van der Waals surface area contributed by atoms with E-state index < -0.39 is 12.1 Å². The lowest BCUT2D eigenvalue weighted by molar-refractivity contribution is -0.0195. The number of ketones is 1. The van der Waals surface area contributed by atoms with Gasteiger partial charge in [-0.05, 0) is 32.0 Å². The predicted molar refractivity (Wildman–Crippen MR) is 61.3 cm³/mol. The molecule has 0 aromatic heterocycles. The lowest BCUT2D eigenvalue weighted by atomic mass is 10.1. The van der Waals surface area contributed by atoms with E-state index in [0.29, 0.717) is 24.7 Å². The van der Waals surface area contributed by atoms with Crippen LogP contribution < -0.4 is 9.47 Å². The molecule has 0 aliphatic heterocycles. The number of carbonyl (C=O) groups is 1. The third-order valence-electron chi connectivity index (χ3n) is 2.06. The maximum atomic E-state index is 11.4. The molecule has 0 aliphatic rings. The van der Waals surface area contributed by atoms with Crippen LogP contribution in [0.25, 0.3) is 0 Å². The lowest BCUT2D eigenvalue weighted by Crippen LogP contribution is -2.19. The average molecular weight is 240 g/mol. The largest absolute Gasteiger partial charge is 0.490 e. The number of aliphatic hydroxyl groups is 2. The Balaban J connectivity index is 3.04. The molecule has 5 nitrogen and oxygen atoms in total. The zero-order valence-electron chi connectivity index (χ0n) is 9.84. The molecule has 2 N–H and O–H groups in total. The van der Waals surface area contributed by atoms with Crippen molar-refractivity contribution in [1.82, 2.24) is 0 Å². The molecule has 5 heteroatoms. The minimum atomic E-state index is -2.01. The summed E-state index contributed by atoms with van der Waals surface area (Å²) in [7, 11) is 0. The molecule has 0 saturated heterocycles. The Morgan fingerprint density at radius 3 is 2.29 bits per heavy atom. The summed E-state index contributed by atoms with van der Waals surface area (Å²) in [6.07, 6.45) is -2.01. The van der Waals surface area contributed by atoms with Crippen LogP contribution in [0.1, 0.15) is 24.2 Å². The fourth-order valence-corrected chi connectivity index (χ4v) is 1.35. The molecular weight excluding hydrogens is 224 g/mol. The van der Waals surface area contributed by atoms with Crippen molar-refractivity contribution in [3.8, 4) is 11.5 Å². The molecule has 17 heavy (non-hydrogen) atoms. The highest BCUT2D eigenvalue weighted by atomic mass is 16.5. The van der Waals surface area contributed by atoms with Crippen molar-refractivity contribution < 1.29 is 24.5 Å². The Bertz CT molecular complexity index is 386. The normalized spacial score (nSPS) is 10.4. The van der Waals surface area contributed by atoms with Gasteiger partial charge in [0.2, 0.25) is 12.1 Å². The molecule has 94 valence electrons. The minimum absolute atomic E-state index is 0.173. The van der Waals surface area contributed by atoms with Crippen LogP contribution >= 0.6 is 0 Å². The van der Waals surface area contributed by atoms with E-state index in [9.17, 15) is 4.79 Å². The number of hydrogen-bond acceptors (Lipinski definition) is 5. The topological polar surface area (TPSA) is 76.0 Å². The molecule has 0 aliphatic carbocycles. The van der Waals surface area contributed by atoms with Crippen LogP contribution in [0.5, 0.6) is 11.5 Å². The first-order valence-electron chi connectivity index (χ1n) is 5.40. The molecule has 0 heterocycles. The fraction of sp³-hybridized carbons (Fsp3) is 0.417. The molecule has 0 amide bonds. The van der Waals surface area contributed by atoms with Gasteiger partial charge in [0.25, 0.3) is 0 Å². The first-order chi connectivity index (χ1) is 8.10. The van der Waals surface area contributed by atoms with Crippen molar-refractivity contribution in [2.45, 2.75) is 20.1 Å². The van der Waals surface area contributed by atoms with Gasteiger partial charge < -0.3 is 19.7 Å². The van der Waals surface area contributed by atoms with Gasteiger partial charge in [0.05, 0.1) is 13.2 Å². The van der Waals surface area contributed by atoms with E-state index in [-0.39, 0.29) is 5.56 Å². The molecule has 0 unspecified atom stereocenters. The SMILES string of the molecule is CCOc1ccc(C(=O)C(O)O)cc1OCC. The minimum Gasteiger partial charge on any atom is -0.490 e. The fourth-order valence-electron chi connectivity index (χ4n) is 1.35. The maximum absolute atomic E-state index is 11.4. The van der Waals surface area contributed by atoms with Crippen molar-refractivity contribution in [3.63, 3.8) is 0 Å². The van der Waals surface area contributed by atoms with Crippen LogP contribution in [-0.4, -0.2) is 35.5 Å². The third-order valence-corrected chi connectivity index (χ3v) is 2.06. The summed E-state index contributed by atoms with van der Waals surface area (Å²) in [5, 5.41) is 17.6. The number of hydrogen-bond donors (Lipinski definition) is 2. The first-order valence-corrected chi connectivity index (χ1v) is 5.40. The molecular formula is C12H16O5. The Morgan fingerprint density at radius 2 is 1.76 bits per heavy atom. The average Bonchev–Trinajstić information content (AvgIpc) is 2.31. The van der Waals surface area contributed by atoms with Crippen molar-refractivity contribution >= 4 is 5.78 Å². The van der Waals surface area contributed by atoms with Gasteiger partial charge >= 0.3 is 0 Å². The van der Waals surface area contributed by atoms with Gasteiger partial charge in [0.15, 0.2) is 11.5 Å². The van der Waals surface area contributed by atoms with Gasteiger partial charge in [-0.2, -0.15) is 0 Å². The molecule has 1 aromatic rings. The van der Waals surface area contributed by atoms with E-state index in [1.54, 1.807) is 6.07 Å². The van der Waals surface area contributed by atoms with Gasteiger partial charge in [0.1, 0.15) is 0 Å². The van der Waals surface area contributed by atoms with Crippen LogP contribution in [0.4, 0.5) is 0 Å². The van der Waals surface area contributed by atoms with E-state index in [2.05, 4.69) is 0 Å². The quantitative estimate of drug-likeness (QED) is 0.572. The molecule has 1 rings (SSSR count). The summed E-state index contributed by atoms with van der Waals surface area (Å²) in [5.41, 5.74) is 0.173. The number of aliphatic hydroxyl groups excluding tert-OH is 1. The predicted octanol–water partition coefficient (Wildman–Crippen LogP) is 0.977. The number of benzene rings is 1. The van der Waals surface area contributed by atoms with E-state index in [1.807, 2.05) is 13.8 Å². The Kier molecular flexibility index (Phi) is 4.93. The lowest BCUT2D eigenvalue weighted by Gasteiger charge is -2.12. The van der Waals surface area contributed by atoms with Gasteiger partial charge in [-0.25, -0.2) is 0 Å². The van der Waals surface area contributed by atoms with E-state index >= 15 is 0 Å². The Morgan fingerprint density at radius 1 is 1.18 bits per heavy atom. The van der Waals surface area contributed by atoms with Gasteiger partial charge in [0, 0.05) is 5.56 Å². The maximum Gasteiger partial charge on any atom is 0.218 e. The molecule has 0 atom stereocenters. The van der Waals surface area contributed by atoms with E-state index in [1.165, 1.54) is 12.1 Å². The highest BCUT2D eigenvalue weighted by molar-refractivity contribution is 5.98. The summed E-state index contributed by atoms with van der Waals surface area (Å²) in [6.45, 7) is 4.56. The second kappa shape index (κ2) is 6.22. The summed E-state index contributed by atoms with van der Waals surface area (Å²) in [4.78, 5) is 11.4. The zero-order chi connectivity index (χ0) is 12.8. The molecule has 1 aromatic carbocycles. The summed E-state index contributed by atoms with van der Waals surface area (Å²) in [6, 6.07) is 4.48. The van der Waals surface area contributed by atoms with Crippen LogP contribution in [0.3, 0.4) is 0 Å². The van der Waals surface area contributed by atoms with Crippen LogP contribution in [0.2, 0.25) is 0 Å². The summed E-state index contributed by atoms with van der Waals surface area (Å²) < 4.78 is 10.6. The smallest absolute Gasteiger partial charge is 0.218 e. The Hall–Kier alpha value is -1.59. The first kappa shape index (κ1) is 13.5. The summed E-state index contributed by atoms with van der Waals surface area (Å²) >= 11 is 0. The molecule has 0 fully saturated rings. The van der Waals surface area contributed by atoms with Crippen molar-refractivity contribution in [2.24, 2.45) is 0 Å². The van der Waals surface area contributed by atoms with Gasteiger partial charge in [-0.1, -0.05) is 0 Å². The van der Waals surface area contributed by atoms with Crippen LogP contribution in [0, 0.1) is 0 Å². The third kappa shape index (κ3) is 3.44. The van der Waals surface area contributed by atoms with Crippen LogP contribution in [-0.2, 0) is 0 Å².